The average molecular weight is 318 g/mol. The van der Waals surface area contributed by atoms with E-state index >= 15 is 0 Å². The molecule has 0 bridgehead atoms. The van der Waals surface area contributed by atoms with Crippen molar-refractivity contribution in [3.8, 4) is 0 Å². The lowest BCUT2D eigenvalue weighted by Gasteiger charge is -2.34. The van der Waals surface area contributed by atoms with Gasteiger partial charge < -0.3 is 15.0 Å². The summed E-state index contributed by atoms with van der Waals surface area (Å²) in [5.74, 6) is 1.12. The topological polar surface area (TPSA) is 40.6 Å². The van der Waals surface area contributed by atoms with Crippen molar-refractivity contribution in [2.24, 2.45) is 0 Å². The van der Waals surface area contributed by atoms with Gasteiger partial charge in [0.2, 0.25) is 0 Å². The number of ether oxygens (including phenoxy) is 1. The first-order chi connectivity index (χ1) is 11.4. The molecule has 1 aromatic heterocycles. The number of aromatic nitrogens is 1. The number of rotatable bonds is 7. The van der Waals surface area contributed by atoms with Crippen LogP contribution in [0, 0.1) is 0 Å². The van der Waals surface area contributed by atoms with Gasteiger partial charge in [-0.25, -0.2) is 4.98 Å². The maximum absolute atomic E-state index is 5.23. The number of nitrogens with zero attached hydrogens (tertiary/aromatic N) is 3. The molecule has 2 fully saturated rings. The van der Waals surface area contributed by atoms with Gasteiger partial charge >= 0.3 is 0 Å². The van der Waals surface area contributed by atoms with E-state index in [1.807, 2.05) is 12.3 Å². The highest BCUT2D eigenvalue weighted by atomic mass is 16.5. The largest absolute Gasteiger partial charge is 0.383 e. The maximum Gasteiger partial charge on any atom is 0.128 e. The van der Waals surface area contributed by atoms with Crippen LogP contribution in [0.15, 0.2) is 24.4 Å². The van der Waals surface area contributed by atoms with Gasteiger partial charge in [-0.15, -0.1) is 0 Å². The van der Waals surface area contributed by atoms with Crippen LogP contribution >= 0.6 is 0 Å². The number of methoxy groups -OCH3 is 1. The third-order valence-electron chi connectivity index (χ3n) is 5.19. The van der Waals surface area contributed by atoms with Gasteiger partial charge in [0, 0.05) is 51.6 Å². The molecule has 23 heavy (non-hydrogen) atoms. The Bertz CT molecular complexity index is 448. The Hall–Kier alpha value is -1.17. The first-order valence-corrected chi connectivity index (χ1v) is 8.99. The minimum Gasteiger partial charge on any atom is -0.383 e. The Labute approximate surface area is 140 Å². The minimum atomic E-state index is 0.653. The molecule has 0 spiro atoms. The van der Waals surface area contributed by atoms with Gasteiger partial charge in [0.1, 0.15) is 5.82 Å². The Balaban J connectivity index is 1.39. The third-order valence-corrected chi connectivity index (χ3v) is 5.19. The standard InChI is InChI=1S/C18H30N4O/c1-23-14-13-21-10-4-5-17(21)15-20-16-7-11-22(12-8-16)18-6-2-3-9-19-18/h2-3,6,9,16-17,20H,4-5,7-8,10-15H2,1H3/t17-/m1/s1. The summed E-state index contributed by atoms with van der Waals surface area (Å²) in [4.78, 5) is 9.45. The van der Waals surface area contributed by atoms with Gasteiger partial charge in [0.25, 0.3) is 0 Å². The monoisotopic (exact) mass is 318 g/mol. The summed E-state index contributed by atoms with van der Waals surface area (Å²) in [7, 11) is 1.79. The fourth-order valence-electron chi connectivity index (χ4n) is 3.79. The van der Waals surface area contributed by atoms with Gasteiger partial charge in [0.05, 0.1) is 6.61 Å². The molecule has 1 aromatic rings. The van der Waals surface area contributed by atoms with Crippen LogP contribution in [-0.4, -0.2) is 68.4 Å². The Morgan fingerprint density at radius 1 is 1.22 bits per heavy atom. The van der Waals surface area contributed by atoms with Crippen molar-refractivity contribution in [2.45, 2.75) is 37.8 Å². The molecule has 2 saturated heterocycles. The Kier molecular flexibility index (Phi) is 6.25. The average Bonchev–Trinajstić information content (AvgIpc) is 3.07. The van der Waals surface area contributed by atoms with E-state index in [1.165, 1.54) is 32.2 Å². The number of hydrogen-bond donors (Lipinski definition) is 1. The van der Waals surface area contributed by atoms with Crippen LogP contribution in [0.3, 0.4) is 0 Å². The molecule has 2 aliphatic rings. The molecule has 0 radical (unpaired) electrons. The van der Waals surface area contributed by atoms with E-state index in [2.05, 4.69) is 32.2 Å². The lowest BCUT2D eigenvalue weighted by molar-refractivity contribution is 0.138. The summed E-state index contributed by atoms with van der Waals surface area (Å²) in [6.07, 6.45) is 6.95. The van der Waals surface area contributed by atoms with Crippen molar-refractivity contribution in [2.75, 3.05) is 51.3 Å². The van der Waals surface area contributed by atoms with Crippen LogP contribution in [0.25, 0.3) is 0 Å². The van der Waals surface area contributed by atoms with E-state index in [0.29, 0.717) is 12.1 Å². The molecule has 0 unspecified atom stereocenters. The van der Waals surface area contributed by atoms with Crippen molar-refractivity contribution < 1.29 is 4.74 Å². The zero-order valence-corrected chi connectivity index (χ0v) is 14.3. The summed E-state index contributed by atoms with van der Waals surface area (Å²) in [5.41, 5.74) is 0. The smallest absolute Gasteiger partial charge is 0.128 e. The van der Waals surface area contributed by atoms with Crippen LogP contribution in [-0.2, 0) is 4.74 Å². The van der Waals surface area contributed by atoms with Crippen LogP contribution in [0.4, 0.5) is 5.82 Å². The van der Waals surface area contributed by atoms with Gasteiger partial charge in [0.15, 0.2) is 0 Å². The lowest BCUT2D eigenvalue weighted by atomic mass is 10.0. The van der Waals surface area contributed by atoms with Crippen LogP contribution < -0.4 is 10.2 Å². The fourth-order valence-corrected chi connectivity index (χ4v) is 3.79. The highest BCUT2D eigenvalue weighted by Gasteiger charge is 2.26. The van der Waals surface area contributed by atoms with E-state index in [1.54, 1.807) is 7.11 Å². The molecule has 0 saturated carbocycles. The molecular formula is C18H30N4O. The highest BCUT2D eigenvalue weighted by molar-refractivity contribution is 5.38. The molecule has 0 amide bonds. The molecule has 0 aliphatic carbocycles. The van der Waals surface area contributed by atoms with Crippen LogP contribution in [0.5, 0.6) is 0 Å². The predicted molar refractivity (Wildman–Crippen MR) is 93.9 cm³/mol. The van der Waals surface area contributed by atoms with Gasteiger partial charge in [-0.2, -0.15) is 0 Å². The third kappa shape index (κ3) is 4.66. The fraction of sp³-hybridized carbons (Fsp3) is 0.722. The van der Waals surface area contributed by atoms with Crippen molar-refractivity contribution >= 4 is 5.82 Å². The summed E-state index contributed by atoms with van der Waals surface area (Å²) in [5, 5.41) is 3.81. The Morgan fingerprint density at radius 2 is 2.09 bits per heavy atom. The van der Waals surface area contributed by atoms with E-state index in [9.17, 15) is 0 Å². The number of pyridine rings is 1. The summed E-state index contributed by atoms with van der Waals surface area (Å²) >= 11 is 0. The van der Waals surface area contributed by atoms with Gasteiger partial charge in [-0.05, 0) is 44.4 Å². The first-order valence-electron chi connectivity index (χ1n) is 8.99. The number of likely N-dealkylation sites (tertiary alicyclic amines) is 1. The van der Waals surface area contributed by atoms with E-state index in [4.69, 9.17) is 4.74 Å². The second-order valence-electron chi connectivity index (χ2n) is 6.68. The van der Waals surface area contributed by atoms with Crippen LogP contribution in [0.1, 0.15) is 25.7 Å². The molecule has 5 nitrogen and oxygen atoms in total. The van der Waals surface area contributed by atoms with Crippen molar-refractivity contribution in [3.05, 3.63) is 24.4 Å². The second kappa shape index (κ2) is 8.62. The summed E-state index contributed by atoms with van der Waals surface area (Å²) in [6, 6.07) is 7.51. The number of nitrogens with one attached hydrogen (secondary N) is 1. The molecule has 5 heteroatoms. The highest BCUT2D eigenvalue weighted by Crippen LogP contribution is 2.19. The molecule has 0 aromatic carbocycles. The molecule has 3 heterocycles. The molecule has 3 rings (SSSR count). The summed E-state index contributed by atoms with van der Waals surface area (Å²) < 4.78 is 5.23. The number of anilines is 1. The molecule has 1 N–H and O–H groups in total. The van der Waals surface area contributed by atoms with Crippen LogP contribution in [0.2, 0.25) is 0 Å². The molecule has 1 atom stereocenters. The first kappa shape index (κ1) is 16.7. The normalized spacial score (nSPS) is 23.5. The zero-order chi connectivity index (χ0) is 15.9. The van der Waals surface area contributed by atoms with Gasteiger partial charge in [-0.3, -0.25) is 4.90 Å². The van der Waals surface area contributed by atoms with Crippen molar-refractivity contribution in [1.29, 1.82) is 0 Å². The van der Waals surface area contributed by atoms with Crippen molar-refractivity contribution in [1.82, 2.24) is 15.2 Å². The number of hydrogen-bond acceptors (Lipinski definition) is 5. The quantitative estimate of drug-likeness (QED) is 0.829. The lowest BCUT2D eigenvalue weighted by Crippen LogP contribution is -2.47. The molecule has 2 aliphatic heterocycles. The maximum atomic E-state index is 5.23. The number of piperidine rings is 1. The van der Waals surface area contributed by atoms with Gasteiger partial charge in [-0.1, -0.05) is 6.07 Å². The van der Waals surface area contributed by atoms with E-state index in [-0.39, 0.29) is 0 Å². The molecule has 128 valence electrons. The SMILES string of the molecule is COCCN1CCC[C@@H]1CNC1CCN(c2ccccn2)CC1. The van der Waals surface area contributed by atoms with E-state index in [0.717, 1.165) is 38.6 Å². The minimum absolute atomic E-state index is 0.653. The predicted octanol–water partition coefficient (Wildman–Crippen LogP) is 1.75. The summed E-state index contributed by atoms with van der Waals surface area (Å²) in [6.45, 7) is 6.48. The van der Waals surface area contributed by atoms with Crippen molar-refractivity contribution in [3.63, 3.8) is 0 Å². The van der Waals surface area contributed by atoms with E-state index < -0.39 is 0 Å². The molecular weight excluding hydrogens is 288 g/mol. The Morgan fingerprint density at radius 3 is 2.83 bits per heavy atom. The zero-order valence-electron chi connectivity index (χ0n) is 14.3. The second-order valence-corrected chi connectivity index (χ2v) is 6.68.